The predicted molar refractivity (Wildman–Crippen MR) is 72.8 cm³/mol. The summed E-state index contributed by atoms with van der Waals surface area (Å²) in [5.74, 6) is 0.0657. The van der Waals surface area contributed by atoms with Gasteiger partial charge in [-0.05, 0) is 56.2 Å². The van der Waals surface area contributed by atoms with Crippen molar-refractivity contribution in [3.05, 3.63) is 50.7 Å². The molecule has 0 fully saturated rings. The minimum Gasteiger partial charge on any atom is -0.399 e. The number of nitrogen functional groups attached to an aromatic ring is 1. The molecular weight excluding hydrogens is 230 g/mol. The predicted octanol–water partition coefficient (Wildman–Crippen LogP) is 3.49. The van der Waals surface area contributed by atoms with Crippen LogP contribution in [0.2, 0.25) is 0 Å². The molecule has 0 aliphatic rings. The first-order chi connectivity index (χ1) is 7.97. The summed E-state index contributed by atoms with van der Waals surface area (Å²) < 4.78 is 0. The molecule has 0 aliphatic heterocycles. The fourth-order valence-electron chi connectivity index (χ4n) is 1.94. The highest BCUT2D eigenvalue weighted by Crippen LogP contribution is 2.25. The molecular formula is C14H15NOS. The molecule has 0 unspecified atom stereocenters. The topological polar surface area (TPSA) is 43.1 Å². The maximum atomic E-state index is 12.3. The minimum atomic E-state index is 0.0657. The molecule has 1 heterocycles. The zero-order valence-corrected chi connectivity index (χ0v) is 11.0. The molecule has 1 aromatic heterocycles. The van der Waals surface area contributed by atoms with Gasteiger partial charge in [0.2, 0.25) is 5.78 Å². The van der Waals surface area contributed by atoms with Crippen molar-refractivity contribution < 1.29 is 4.79 Å². The van der Waals surface area contributed by atoms with Crippen LogP contribution in [0.5, 0.6) is 0 Å². The molecule has 0 bridgehead atoms. The van der Waals surface area contributed by atoms with Gasteiger partial charge in [-0.15, -0.1) is 11.3 Å². The molecule has 2 N–H and O–H groups in total. The molecule has 0 amide bonds. The molecule has 88 valence electrons. The Morgan fingerprint density at radius 2 is 1.82 bits per heavy atom. The quantitative estimate of drug-likeness (QED) is 0.650. The third-order valence-corrected chi connectivity index (χ3v) is 3.76. The molecule has 17 heavy (non-hydrogen) atoms. The molecule has 3 heteroatoms. The van der Waals surface area contributed by atoms with Gasteiger partial charge >= 0.3 is 0 Å². The van der Waals surface area contributed by atoms with E-state index in [1.807, 2.05) is 39.0 Å². The van der Waals surface area contributed by atoms with Gasteiger partial charge in [-0.25, -0.2) is 0 Å². The summed E-state index contributed by atoms with van der Waals surface area (Å²) in [4.78, 5) is 14.3. The highest BCUT2D eigenvalue weighted by atomic mass is 32.1. The standard InChI is InChI=1S/C14H15NOS/c1-8-4-11(7-12(15)5-8)13(16)14-9(2)6-10(3)17-14/h4-7H,15H2,1-3H3. The van der Waals surface area contributed by atoms with Gasteiger partial charge in [-0.1, -0.05) is 0 Å². The van der Waals surface area contributed by atoms with E-state index < -0.39 is 0 Å². The summed E-state index contributed by atoms with van der Waals surface area (Å²) in [6.45, 7) is 5.93. The monoisotopic (exact) mass is 245 g/mol. The second-order valence-electron chi connectivity index (χ2n) is 4.33. The summed E-state index contributed by atoms with van der Waals surface area (Å²) in [7, 11) is 0. The summed E-state index contributed by atoms with van der Waals surface area (Å²) >= 11 is 1.54. The van der Waals surface area contributed by atoms with Crippen molar-refractivity contribution in [2.75, 3.05) is 5.73 Å². The molecule has 0 saturated carbocycles. The summed E-state index contributed by atoms with van der Waals surface area (Å²) in [5.41, 5.74) is 9.13. The lowest BCUT2D eigenvalue weighted by Crippen LogP contribution is -2.02. The van der Waals surface area contributed by atoms with Gasteiger partial charge in [0, 0.05) is 16.1 Å². The van der Waals surface area contributed by atoms with Gasteiger partial charge in [0.05, 0.1) is 4.88 Å². The van der Waals surface area contributed by atoms with Gasteiger partial charge in [-0.3, -0.25) is 4.79 Å². The number of hydrogen-bond acceptors (Lipinski definition) is 3. The number of nitrogens with two attached hydrogens (primary N) is 1. The first-order valence-electron chi connectivity index (χ1n) is 5.46. The number of anilines is 1. The summed E-state index contributed by atoms with van der Waals surface area (Å²) in [6, 6.07) is 7.53. The molecule has 0 spiro atoms. The lowest BCUT2D eigenvalue weighted by molar-refractivity contribution is 0.104. The minimum absolute atomic E-state index is 0.0657. The Bertz CT molecular complexity index is 564. The Balaban J connectivity index is 2.47. The van der Waals surface area contributed by atoms with E-state index in [2.05, 4.69) is 0 Å². The maximum Gasteiger partial charge on any atom is 0.203 e. The van der Waals surface area contributed by atoms with Crippen LogP contribution >= 0.6 is 11.3 Å². The van der Waals surface area contributed by atoms with Crippen molar-refractivity contribution in [1.29, 1.82) is 0 Å². The number of carbonyl (C=O) groups is 1. The third kappa shape index (κ3) is 2.39. The van der Waals surface area contributed by atoms with Crippen molar-refractivity contribution >= 4 is 22.8 Å². The van der Waals surface area contributed by atoms with E-state index >= 15 is 0 Å². The second kappa shape index (κ2) is 4.34. The fourth-order valence-corrected chi connectivity index (χ4v) is 2.93. The average molecular weight is 245 g/mol. The van der Waals surface area contributed by atoms with Crippen LogP contribution in [0.4, 0.5) is 5.69 Å². The van der Waals surface area contributed by atoms with E-state index in [4.69, 9.17) is 5.73 Å². The molecule has 2 rings (SSSR count). The Morgan fingerprint density at radius 1 is 1.12 bits per heavy atom. The molecule has 2 aromatic rings. The van der Waals surface area contributed by atoms with Crippen molar-refractivity contribution in [1.82, 2.24) is 0 Å². The Morgan fingerprint density at radius 3 is 2.35 bits per heavy atom. The Hall–Kier alpha value is -1.61. The normalized spacial score (nSPS) is 10.5. The molecule has 1 aromatic carbocycles. The van der Waals surface area contributed by atoms with Crippen molar-refractivity contribution in [3.8, 4) is 0 Å². The van der Waals surface area contributed by atoms with Crippen LogP contribution < -0.4 is 5.73 Å². The van der Waals surface area contributed by atoms with Crippen molar-refractivity contribution in [3.63, 3.8) is 0 Å². The lowest BCUT2D eigenvalue weighted by atomic mass is 10.0. The molecule has 0 atom stereocenters. The number of ketones is 1. The van der Waals surface area contributed by atoms with Gasteiger partial charge in [0.1, 0.15) is 0 Å². The van der Waals surface area contributed by atoms with Gasteiger partial charge in [0.25, 0.3) is 0 Å². The molecule has 0 aliphatic carbocycles. The number of thiophene rings is 1. The fraction of sp³-hybridized carbons (Fsp3) is 0.214. The smallest absolute Gasteiger partial charge is 0.203 e. The highest BCUT2D eigenvalue weighted by molar-refractivity contribution is 7.14. The van der Waals surface area contributed by atoms with E-state index in [1.165, 1.54) is 11.3 Å². The Labute approximate surface area is 105 Å². The van der Waals surface area contributed by atoms with E-state index in [0.29, 0.717) is 11.3 Å². The van der Waals surface area contributed by atoms with E-state index in [9.17, 15) is 4.79 Å². The number of hydrogen-bond donors (Lipinski definition) is 1. The van der Waals surface area contributed by atoms with Crippen molar-refractivity contribution in [2.45, 2.75) is 20.8 Å². The number of aryl methyl sites for hydroxylation is 3. The summed E-state index contributed by atoms with van der Waals surface area (Å²) in [5, 5.41) is 0. The van der Waals surface area contributed by atoms with Gasteiger partial charge < -0.3 is 5.73 Å². The zero-order valence-electron chi connectivity index (χ0n) is 10.2. The van der Waals surface area contributed by atoms with Crippen LogP contribution in [-0.4, -0.2) is 5.78 Å². The van der Waals surface area contributed by atoms with Crippen molar-refractivity contribution in [2.24, 2.45) is 0 Å². The maximum absolute atomic E-state index is 12.3. The van der Waals surface area contributed by atoms with Crippen LogP contribution in [-0.2, 0) is 0 Å². The van der Waals surface area contributed by atoms with E-state index in [0.717, 1.165) is 20.9 Å². The van der Waals surface area contributed by atoms with Crippen LogP contribution in [0.1, 0.15) is 31.2 Å². The van der Waals surface area contributed by atoms with Gasteiger partial charge in [-0.2, -0.15) is 0 Å². The number of rotatable bonds is 2. The van der Waals surface area contributed by atoms with Crippen LogP contribution in [0.25, 0.3) is 0 Å². The third-order valence-electron chi connectivity index (χ3n) is 2.61. The lowest BCUT2D eigenvalue weighted by Gasteiger charge is -2.03. The second-order valence-corrected chi connectivity index (χ2v) is 5.59. The first kappa shape index (κ1) is 11.9. The van der Waals surface area contributed by atoms with E-state index in [-0.39, 0.29) is 5.78 Å². The number of benzene rings is 1. The van der Waals surface area contributed by atoms with Crippen LogP contribution in [0.15, 0.2) is 24.3 Å². The molecule has 0 radical (unpaired) electrons. The number of carbonyl (C=O) groups excluding carboxylic acids is 1. The zero-order chi connectivity index (χ0) is 12.6. The largest absolute Gasteiger partial charge is 0.399 e. The first-order valence-corrected chi connectivity index (χ1v) is 6.28. The Kier molecular flexibility index (Phi) is 3.03. The highest BCUT2D eigenvalue weighted by Gasteiger charge is 2.15. The molecule has 2 nitrogen and oxygen atoms in total. The van der Waals surface area contributed by atoms with Crippen LogP contribution in [0.3, 0.4) is 0 Å². The van der Waals surface area contributed by atoms with E-state index in [1.54, 1.807) is 6.07 Å². The average Bonchev–Trinajstić information content (AvgIpc) is 2.55. The van der Waals surface area contributed by atoms with Crippen LogP contribution in [0, 0.1) is 20.8 Å². The van der Waals surface area contributed by atoms with Gasteiger partial charge in [0.15, 0.2) is 0 Å². The summed E-state index contributed by atoms with van der Waals surface area (Å²) in [6.07, 6.45) is 0. The molecule has 0 saturated heterocycles. The SMILES string of the molecule is Cc1cc(N)cc(C(=O)c2sc(C)cc2C)c1.